The van der Waals surface area contributed by atoms with Crippen molar-refractivity contribution in [3.8, 4) is 16.9 Å². The minimum Gasteiger partial charge on any atom is -0.491 e. The van der Waals surface area contributed by atoms with E-state index in [0.29, 0.717) is 35.0 Å². The molecule has 0 N–H and O–H groups in total. The van der Waals surface area contributed by atoms with Gasteiger partial charge in [-0.05, 0) is 102 Å². The summed E-state index contributed by atoms with van der Waals surface area (Å²) < 4.78 is 14.0. The van der Waals surface area contributed by atoms with Crippen LogP contribution in [0.4, 0.5) is 0 Å². The molecule has 4 heterocycles. The van der Waals surface area contributed by atoms with E-state index in [4.69, 9.17) is 26.1 Å². The van der Waals surface area contributed by atoms with Crippen LogP contribution in [0.5, 0.6) is 5.75 Å². The van der Waals surface area contributed by atoms with Gasteiger partial charge in [-0.25, -0.2) is 9.78 Å². The number of likely N-dealkylation sites (tertiary alicyclic amines) is 1. The van der Waals surface area contributed by atoms with Crippen molar-refractivity contribution in [3.63, 3.8) is 0 Å². The number of benzene rings is 1. The van der Waals surface area contributed by atoms with Crippen molar-refractivity contribution >= 4 is 39.1 Å². The number of carbonyl (C=O) groups is 1. The van der Waals surface area contributed by atoms with E-state index in [2.05, 4.69) is 9.88 Å². The van der Waals surface area contributed by atoms with Crippen LogP contribution in [0.25, 0.3) is 21.3 Å². The highest BCUT2D eigenvalue weighted by molar-refractivity contribution is 7.18. The Balaban J connectivity index is 1.13. The summed E-state index contributed by atoms with van der Waals surface area (Å²) >= 11 is 7.90. The lowest BCUT2D eigenvalue weighted by molar-refractivity contribution is 0.0603. The normalized spacial score (nSPS) is 18.0. The van der Waals surface area contributed by atoms with E-state index in [9.17, 15) is 9.59 Å². The molecule has 10 heteroatoms. The molecule has 3 aliphatic rings. The topological polar surface area (TPSA) is 86.5 Å². The second-order valence-electron chi connectivity index (χ2n) is 12.6. The van der Waals surface area contributed by atoms with Crippen molar-refractivity contribution < 1.29 is 14.3 Å². The van der Waals surface area contributed by atoms with Gasteiger partial charge in [-0.1, -0.05) is 11.6 Å². The molecule has 3 aromatic heterocycles. The Bertz CT molecular complexity index is 1820. The number of methoxy groups -OCH3 is 1. The first-order valence-electron chi connectivity index (χ1n) is 15.5. The van der Waals surface area contributed by atoms with Gasteiger partial charge in [0.1, 0.15) is 18.2 Å². The molecule has 2 aliphatic carbocycles. The van der Waals surface area contributed by atoms with Crippen LogP contribution in [0.1, 0.15) is 65.2 Å². The SMILES string of the molecule is COC(=O)c1csc2c(-c3cc(Cl)ccc3OCCn3c(C)nc4c(c3=O)CC3(CC4)CCN(C4CC4)CC3)cc(C)nc12. The number of fused-ring (bicyclic) bond motifs is 2. The quantitative estimate of drug-likeness (QED) is 0.218. The van der Waals surface area contributed by atoms with Crippen molar-refractivity contribution in [2.75, 3.05) is 26.8 Å². The second kappa shape index (κ2) is 11.6. The first kappa shape index (κ1) is 29.4. The molecule has 230 valence electrons. The van der Waals surface area contributed by atoms with Gasteiger partial charge < -0.3 is 14.4 Å². The van der Waals surface area contributed by atoms with Crippen molar-refractivity contribution in [2.45, 2.75) is 71.4 Å². The average Bonchev–Trinajstić information content (AvgIpc) is 3.78. The Morgan fingerprint density at radius 2 is 1.91 bits per heavy atom. The minimum atomic E-state index is -0.419. The molecule has 1 saturated heterocycles. The molecule has 0 radical (unpaired) electrons. The number of carbonyl (C=O) groups excluding carboxylic acids is 1. The van der Waals surface area contributed by atoms with E-state index >= 15 is 0 Å². The van der Waals surface area contributed by atoms with Crippen LogP contribution >= 0.6 is 22.9 Å². The monoisotopic (exact) mass is 632 g/mol. The van der Waals surface area contributed by atoms with E-state index in [-0.39, 0.29) is 11.0 Å². The summed E-state index contributed by atoms with van der Waals surface area (Å²) in [5, 5.41) is 2.35. The first-order chi connectivity index (χ1) is 21.2. The van der Waals surface area contributed by atoms with Gasteiger partial charge in [0.05, 0.1) is 35.1 Å². The summed E-state index contributed by atoms with van der Waals surface area (Å²) in [6.45, 7) is 6.81. The summed E-state index contributed by atoms with van der Waals surface area (Å²) in [6.07, 6.45) is 7.89. The van der Waals surface area contributed by atoms with Crippen molar-refractivity contribution in [1.82, 2.24) is 19.4 Å². The van der Waals surface area contributed by atoms with Gasteiger partial charge in [0.2, 0.25) is 0 Å². The lowest BCUT2D eigenvalue weighted by Gasteiger charge is -2.44. The van der Waals surface area contributed by atoms with Gasteiger partial charge in [0.15, 0.2) is 0 Å². The lowest BCUT2D eigenvalue weighted by Crippen LogP contribution is -2.45. The number of hydrogen-bond acceptors (Lipinski definition) is 8. The van der Waals surface area contributed by atoms with Crippen LogP contribution in [0.15, 0.2) is 34.4 Å². The zero-order valence-electron chi connectivity index (χ0n) is 25.5. The van der Waals surface area contributed by atoms with Crippen LogP contribution in [-0.2, 0) is 24.1 Å². The molecule has 0 atom stereocenters. The maximum Gasteiger partial charge on any atom is 0.340 e. The number of halogens is 1. The fourth-order valence-electron chi connectivity index (χ4n) is 7.16. The minimum absolute atomic E-state index is 0.0801. The number of esters is 1. The molecular formula is C34H37ClN4O4S. The summed E-state index contributed by atoms with van der Waals surface area (Å²) in [5.74, 6) is 0.956. The number of aryl methyl sites for hydroxylation is 3. The first-order valence-corrected chi connectivity index (χ1v) is 16.7. The number of rotatable bonds is 7. The molecule has 4 aromatic rings. The largest absolute Gasteiger partial charge is 0.491 e. The van der Waals surface area contributed by atoms with Crippen LogP contribution < -0.4 is 10.3 Å². The predicted octanol–water partition coefficient (Wildman–Crippen LogP) is 6.39. The highest BCUT2D eigenvalue weighted by Gasteiger charge is 2.42. The fourth-order valence-corrected chi connectivity index (χ4v) is 8.34. The number of thiophene rings is 1. The number of ether oxygens (including phenoxy) is 2. The summed E-state index contributed by atoms with van der Waals surface area (Å²) in [6, 6.07) is 8.31. The van der Waals surface area contributed by atoms with Crippen LogP contribution in [0.2, 0.25) is 5.02 Å². The summed E-state index contributed by atoms with van der Waals surface area (Å²) in [5.41, 5.74) is 5.68. The number of hydrogen-bond donors (Lipinski definition) is 0. The van der Waals surface area contributed by atoms with Gasteiger partial charge in [-0.15, -0.1) is 11.3 Å². The van der Waals surface area contributed by atoms with Gasteiger partial charge in [0, 0.05) is 38.8 Å². The van der Waals surface area contributed by atoms with E-state index in [1.807, 2.05) is 32.0 Å². The maximum atomic E-state index is 13.9. The molecule has 8 nitrogen and oxygen atoms in total. The Morgan fingerprint density at radius 1 is 1.11 bits per heavy atom. The molecular weight excluding hydrogens is 596 g/mol. The highest BCUT2D eigenvalue weighted by atomic mass is 35.5. The van der Waals surface area contributed by atoms with Crippen LogP contribution in [0, 0.1) is 19.3 Å². The van der Waals surface area contributed by atoms with Gasteiger partial charge >= 0.3 is 5.97 Å². The standard InChI is InChI=1S/C34H37ClN4O4S/c1-20-16-25(31-30(36-20)27(19-44-31)33(41)42-3)24-17-22(35)4-7-29(24)43-15-14-39-21(2)37-28-8-9-34(18-26(28)32(39)40)10-12-38(13-11-34)23-5-6-23/h4,7,16-17,19,23H,5-6,8-15,18H2,1-3H3. The molecule has 0 bridgehead atoms. The summed E-state index contributed by atoms with van der Waals surface area (Å²) in [7, 11) is 1.37. The number of aromatic nitrogens is 3. The molecule has 1 spiro atoms. The molecule has 1 aliphatic heterocycles. The Labute approximate surface area is 266 Å². The van der Waals surface area contributed by atoms with Crippen LogP contribution in [0.3, 0.4) is 0 Å². The molecule has 0 amide bonds. The Kier molecular flexibility index (Phi) is 7.75. The molecule has 1 saturated carbocycles. The third-order valence-corrected chi connectivity index (χ3v) is 11.0. The smallest absolute Gasteiger partial charge is 0.340 e. The van der Waals surface area contributed by atoms with Gasteiger partial charge in [-0.3, -0.25) is 14.3 Å². The maximum absolute atomic E-state index is 13.9. The Hall–Kier alpha value is -3.27. The fraction of sp³-hybridized carbons (Fsp3) is 0.471. The molecule has 1 aromatic carbocycles. The summed E-state index contributed by atoms with van der Waals surface area (Å²) in [4.78, 5) is 38.5. The molecule has 7 rings (SSSR count). The van der Waals surface area contributed by atoms with Gasteiger partial charge in [-0.2, -0.15) is 0 Å². The third-order valence-electron chi connectivity index (χ3n) is 9.77. The van der Waals surface area contributed by atoms with Crippen molar-refractivity contribution in [2.24, 2.45) is 5.41 Å². The average molecular weight is 633 g/mol. The van der Waals surface area contributed by atoms with E-state index < -0.39 is 5.97 Å². The van der Waals surface area contributed by atoms with E-state index in [1.165, 1.54) is 44.1 Å². The predicted molar refractivity (Wildman–Crippen MR) is 173 cm³/mol. The molecule has 2 fully saturated rings. The highest BCUT2D eigenvalue weighted by Crippen LogP contribution is 2.44. The number of piperidine rings is 1. The molecule has 44 heavy (non-hydrogen) atoms. The number of pyridine rings is 1. The zero-order chi connectivity index (χ0) is 30.6. The Morgan fingerprint density at radius 3 is 2.66 bits per heavy atom. The van der Waals surface area contributed by atoms with Crippen LogP contribution in [-0.4, -0.2) is 58.3 Å². The van der Waals surface area contributed by atoms with E-state index in [0.717, 1.165) is 77.0 Å². The van der Waals surface area contributed by atoms with Crippen molar-refractivity contribution in [1.29, 1.82) is 0 Å². The van der Waals surface area contributed by atoms with Crippen molar-refractivity contribution in [3.05, 3.63) is 73.4 Å². The van der Waals surface area contributed by atoms with Gasteiger partial charge in [0.25, 0.3) is 5.56 Å². The number of nitrogens with zero attached hydrogens (tertiary/aromatic N) is 4. The van der Waals surface area contributed by atoms with E-state index in [1.54, 1.807) is 16.0 Å². The third kappa shape index (κ3) is 5.43. The second-order valence-corrected chi connectivity index (χ2v) is 13.9. The zero-order valence-corrected chi connectivity index (χ0v) is 27.0. The lowest BCUT2D eigenvalue weighted by atomic mass is 9.67. The molecule has 0 unspecified atom stereocenters.